The minimum Gasteiger partial charge on any atom is -0.391 e. The lowest BCUT2D eigenvalue weighted by atomic mass is 9.84. The number of ether oxygens (including phenoxy) is 2. The normalized spacial score (nSPS) is 18.7. The van der Waals surface area contributed by atoms with Gasteiger partial charge in [0.1, 0.15) is 12.4 Å². The fourth-order valence-electron chi connectivity index (χ4n) is 5.02. The van der Waals surface area contributed by atoms with Gasteiger partial charge in [-0.1, -0.05) is 87.4 Å². The molecule has 34 heavy (non-hydrogen) atoms. The van der Waals surface area contributed by atoms with Gasteiger partial charge >= 0.3 is 0 Å². The van der Waals surface area contributed by atoms with Crippen molar-refractivity contribution in [2.24, 2.45) is 17.0 Å². The number of benzene rings is 1. The van der Waals surface area contributed by atoms with Gasteiger partial charge in [-0.2, -0.15) is 0 Å². The number of methoxy groups -OCH3 is 2. The molecule has 0 bridgehead atoms. The van der Waals surface area contributed by atoms with Crippen molar-refractivity contribution >= 4 is 11.5 Å². The Morgan fingerprint density at radius 1 is 0.971 bits per heavy atom. The molecule has 2 rings (SSSR count). The average molecular weight is 474 g/mol. The van der Waals surface area contributed by atoms with E-state index in [1.165, 1.54) is 38.5 Å². The number of hydrogen-bond acceptors (Lipinski definition) is 5. The first-order valence-corrected chi connectivity index (χ1v) is 13.5. The Kier molecular flexibility index (Phi) is 14.8. The lowest BCUT2D eigenvalue weighted by molar-refractivity contribution is -0.119. The van der Waals surface area contributed by atoms with Gasteiger partial charge in [-0.25, -0.2) is 0 Å². The maximum Gasteiger partial charge on any atom is 0.156 e. The highest BCUT2D eigenvalue weighted by atomic mass is 16.7. The number of Topliss-reactive ketones (excluding diaryl/α,β-unsaturated/α-hetero) is 1. The summed E-state index contributed by atoms with van der Waals surface area (Å²) in [5.74, 6) is 0.720. The minimum absolute atomic E-state index is 0.0582. The molecule has 1 aliphatic carbocycles. The van der Waals surface area contributed by atoms with Gasteiger partial charge in [0, 0.05) is 20.6 Å². The van der Waals surface area contributed by atoms with Crippen molar-refractivity contribution in [2.75, 3.05) is 14.2 Å². The maximum absolute atomic E-state index is 12.9. The van der Waals surface area contributed by atoms with Crippen LogP contribution < -0.4 is 0 Å². The molecule has 0 N–H and O–H groups in total. The first-order valence-electron chi connectivity index (χ1n) is 13.5. The van der Waals surface area contributed by atoms with Crippen molar-refractivity contribution in [1.29, 1.82) is 0 Å². The minimum atomic E-state index is -0.138. The summed E-state index contributed by atoms with van der Waals surface area (Å²) in [6, 6.07) is 10.1. The quantitative estimate of drug-likeness (QED) is 0.0904. The molecule has 1 aliphatic rings. The lowest BCUT2D eigenvalue weighted by Crippen LogP contribution is -2.25. The second-order valence-electron chi connectivity index (χ2n) is 9.64. The van der Waals surface area contributed by atoms with Crippen LogP contribution in [-0.2, 0) is 25.7 Å². The molecule has 0 saturated heterocycles. The molecule has 1 fully saturated rings. The summed E-state index contributed by atoms with van der Waals surface area (Å²) >= 11 is 0. The molecule has 2 atom stereocenters. The molecule has 0 radical (unpaired) electrons. The molecule has 0 aromatic heterocycles. The highest BCUT2D eigenvalue weighted by molar-refractivity contribution is 6.06. The highest BCUT2D eigenvalue weighted by Gasteiger charge is 2.37. The maximum atomic E-state index is 12.9. The number of hydrogen-bond donors (Lipinski definition) is 0. The molecule has 5 nitrogen and oxygen atoms in total. The second kappa shape index (κ2) is 17.7. The predicted octanol–water partition coefficient (Wildman–Crippen LogP) is 7.47. The van der Waals surface area contributed by atoms with Gasteiger partial charge < -0.3 is 14.3 Å². The van der Waals surface area contributed by atoms with E-state index in [9.17, 15) is 4.79 Å². The topological polar surface area (TPSA) is 57.1 Å². The van der Waals surface area contributed by atoms with Crippen LogP contribution in [0.25, 0.3) is 0 Å². The lowest BCUT2D eigenvalue weighted by Gasteiger charge is -2.20. The van der Waals surface area contributed by atoms with Crippen molar-refractivity contribution in [3.05, 3.63) is 35.9 Å². The molecule has 1 saturated carbocycles. The first-order chi connectivity index (χ1) is 16.7. The molecular formula is C29H47NO4. The van der Waals surface area contributed by atoms with Gasteiger partial charge in [0.25, 0.3) is 0 Å². The zero-order valence-corrected chi connectivity index (χ0v) is 21.8. The Bertz CT molecular complexity index is 687. The van der Waals surface area contributed by atoms with E-state index in [0.717, 1.165) is 56.2 Å². The first kappa shape index (κ1) is 28.5. The number of unbranched alkanes of at least 4 members (excludes halogenated alkanes) is 7. The van der Waals surface area contributed by atoms with Crippen LogP contribution in [0.15, 0.2) is 35.5 Å². The number of rotatable bonds is 19. The van der Waals surface area contributed by atoms with Gasteiger partial charge in [0.15, 0.2) is 6.29 Å². The molecule has 0 spiro atoms. The SMILES string of the molecule is CCCCCCCC[C@@H]1CCC(=O)[C@H]1/C(CCCCCC(OC)OC)=N/OCc1ccccc1. The van der Waals surface area contributed by atoms with Gasteiger partial charge in [0.2, 0.25) is 0 Å². The van der Waals surface area contributed by atoms with Gasteiger partial charge in [-0.05, 0) is 50.0 Å². The van der Waals surface area contributed by atoms with Crippen molar-refractivity contribution in [2.45, 2.75) is 110 Å². The molecule has 5 heteroatoms. The molecule has 0 aliphatic heterocycles. The fraction of sp³-hybridized carbons (Fsp3) is 0.724. The molecule has 192 valence electrons. The number of ketones is 1. The Labute approximate surface area is 207 Å². The monoisotopic (exact) mass is 473 g/mol. The zero-order chi connectivity index (χ0) is 24.4. The van der Waals surface area contributed by atoms with E-state index in [4.69, 9.17) is 14.3 Å². The Morgan fingerprint density at radius 3 is 2.41 bits per heavy atom. The standard InChI is InChI=1S/C29H47NO4/c1-4-5-6-7-8-13-18-25-21-22-27(31)29(25)26(19-14-10-15-20-28(32-2)33-3)30-34-23-24-16-11-9-12-17-24/h9,11-12,16-17,25,28-29H,4-8,10,13-15,18-23H2,1-3H3/b30-26+/t25-,29-/m1/s1. The molecule has 1 aromatic carbocycles. The Morgan fingerprint density at radius 2 is 1.68 bits per heavy atom. The summed E-state index contributed by atoms with van der Waals surface area (Å²) in [5.41, 5.74) is 2.06. The van der Waals surface area contributed by atoms with Crippen molar-refractivity contribution in [1.82, 2.24) is 0 Å². The third-order valence-corrected chi connectivity index (χ3v) is 7.02. The van der Waals surface area contributed by atoms with E-state index >= 15 is 0 Å². The highest BCUT2D eigenvalue weighted by Crippen LogP contribution is 2.35. The van der Waals surface area contributed by atoms with E-state index in [0.29, 0.717) is 24.7 Å². The molecule has 1 aromatic rings. The van der Waals surface area contributed by atoms with Crippen LogP contribution in [0, 0.1) is 11.8 Å². The summed E-state index contributed by atoms with van der Waals surface area (Å²) < 4.78 is 10.6. The summed E-state index contributed by atoms with van der Waals surface area (Å²) in [4.78, 5) is 18.7. The molecule has 0 heterocycles. The van der Waals surface area contributed by atoms with Crippen LogP contribution >= 0.6 is 0 Å². The smallest absolute Gasteiger partial charge is 0.156 e. The van der Waals surface area contributed by atoms with Gasteiger partial charge in [-0.15, -0.1) is 0 Å². The zero-order valence-electron chi connectivity index (χ0n) is 21.8. The Balaban J connectivity index is 1.93. The number of nitrogens with zero attached hydrogens (tertiary/aromatic N) is 1. The van der Waals surface area contributed by atoms with Crippen molar-refractivity contribution in [3.63, 3.8) is 0 Å². The third-order valence-electron chi connectivity index (χ3n) is 7.02. The van der Waals surface area contributed by atoms with Crippen LogP contribution in [-0.4, -0.2) is 32.0 Å². The number of carbonyl (C=O) groups excluding carboxylic acids is 1. The summed E-state index contributed by atoms with van der Waals surface area (Å²) in [6.45, 7) is 2.69. The van der Waals surface area contributed by atoms with E-state index in [1.54, 1.807) is 14.2 Å². The molecule has 0 unspecified atom stereocenters. The van der Waals surface area contributed by atoms with Crippen LogP contribution in [0.5, 0.6) is 0 Å². The van der Waals surface area contributed by atoms with Crippen LogP contribution in [0.1, 0.15) is 102 Å². The molecular weight excluding hydrogens is 426 g/mol. The van der Waals surface area contributed by atoms with E-state index in [1.807, 2.05) is 30.3 Å². The van der Waals surface area contributed by atoms with E-state index in [-0.39, 0.29) is 12.2 Å². The summed E-state index contributed by atoms with van der Waals surface area (Å²) in [5, 5.41) is 4.58. The largest absolute Gasteiger partial charge is 0.391 e. The van der Waals surface area contributed by atoms with Crippen LogP contribution in [0.3, 0.4) is 0 Å². The third kappa shape index (κ3) is 10.7. The van der Waals surface area contributed by atoms with Crippen molar-refractivity contribution < 1.29 is 19.1 Å². The fourth-order valence-corrected chi connectivity index (χ4v) is 5.02. The number of oxime groups is 1. The van der Waals surface area contributed by atoms with E-state index < -0.39 is 0 Å². The van der Waals surface area contributed by atoms with Gasteiger partial charge in [0.05, 0.1) is 11.6 Å². The van der Waals surface area contributed by atoms with Crippen molar-refractivity contribution in [3.8, 4) is 0 Å². The van der Waals surface area contributed by atoms with Crippen LogP contribution in [0.4, 0.5) is 0 Å². The van der Waals surface area contributed by atoms with E-state index in [2.05, 4.69) is 12.1 Å². The average Bonchev–Trinajstić information content (AvgIpc) is 3.23. The van der Waals surface area contributed by atoms with Crippen LogP contribution in [0.2, 0.25) is 0 Å². The summed E-state index contributed by atoms with van der Waals surface area (Å²) in [7, 11) is 3.36. The van der Waals surface area contributed by atoms with Gasteiger partial charge in [-0.3, -0.25) is 4.79 Å². The summed E-state index contributed by atoms with van der Waals surface area (Å²) in [6.07, 6.45) is 15.2. The Hall–Kier alpha value is -1.72. The predicted molar refractivity (Wildman–Crippen MR) is 139 cm³/mol. The second-order valence-corrected chi connectivity index (χ2v) is 9.64. The number of carbonyl (C=O) groups is 1. The molecule has 0 amide bonds.